The van der Waals surface area contributed by atoms with Crippen LogP contribution in [0.25, 0.3) is 0 Å². The molecule has 1 heterocycles. The van der Waals surface area contributed by atoms with E-state index in [9.17, 15) is 13.8 Å². The monoisotopic (exact) mass is 230 g/mol. The first-order chi connectivity index (χ1) is 6.79. The van der Waals surface area contributed by atoms with Crippen LogP contribution in [0.2, 0.25) is 0 Å². The molecule has 1 amide bonds. The lowest BCUT2D eigenvalue weighted by Gasteiger charge is -1.92. The van der Waals surface area contributed by atoms with Crippen LogP contribution in [0.4, 0.5) is 0 Å². The average Bonchev–Trinajstić information content (AvgIpc) is 2.47. The zero-order valence-electron chi connectivity index (χ0n) is 8.18. The van der Waals surface area contributed by atoms with Crippen LogP contribution in [0.1, 0.15) is 20.8 Å². The summed E-state index contributed by atoms with van der Waals surface area (Å²) in [6.07, 6.45) is 3.88. The quantitative estimate of drug-likeness (QED) is 0.776. The predicted molar refractivity (Wildman–Crippen MR) is 54.5 cm³/mol. The second-order valence-electron chi connectivity index (χ2n) is 3.18. The molecular weight excluding hydrogens is 220 g/mol. The van der Waals surface area contributed by atoms with Gasteiger partial charge in [0, 0.05) is 28.4 Å². The van der Waals surface area contributed by atoms with Crippen molar-refractivity contribution in [3.63, 3.8) is 0 Å². The van der Waals surface area contributed by atoms with Crippen molar-refractivity contribution in [3.8, 4) is 0 Å². The summed E-state index contributed by atoms with van der Waals surface area (Å²) in [7, 11) is -2.52. The molecule has 6 nitrogen and oxygen atoms in total. The molecule has 0 aromatic carbocycles. The van der Waals surface area contributed by atoms with Crippen LogP contribution in [0.3, 0.4) is 0 Å². The number of nitrogens with one attached hydrogen (secondary N) is 1. The number of H-pyrrole nitrogens is 1. The normalized spacial score (nSPS) is 11.1. The second kappa shape index (κ2) is 3.85. The molecule has 0 aliphatic rings. The van der Waals surface area contributed by atoms with Gasteiger partial charge in [0.25, 0.3) is 5.91 Å². The van der Waals surface area contributed by atoms with E-state index in [1.165, 1.54) is 18.7 Å². The number of hydrogen-bond acceptors (Lipinski definition) is 3. The third-order valence-corrected chi connectivity index (χ3v) is 2.07. The van der Waals surface area contributed by atoms with Crippen molar-refractivity contribution in [2.75, 3.05) is 12.5 Å². The molecule has 0 saturated carbocycles. The molecule has 15 heavy (non-hydrogen) atoms. The van der Waals surface area contributed by atoms with Gasteiger partial charge < -0.3 is 10.1 Å². The van der Waals surface area contributed by atoms with Gasteiger partial charge in [-0.2, -0.15) is 4.36 Å². The minimum atomic E-state index is -2.52. The maximum Gasteiger partial charge on any atom is 0.352 e. The topological polar surface area (TPSA) is 99.6 Å². The summed E-state index contributed by atoms with van der Waals surface area (Å²) < 4.78 is 14.6. The summed E-state index contributed by atoms with van der Waals surface area (Å²) in [6.45, 7) is 0. The molecule has 0 saturated heterocycles. The first kappa shape index (κ1) is 11.4. The van der Waals surface area contributed by atoms with Gasteiger partial charge in [-0.15, -0.1) is 0 Å². The van der Waals surface area contributed by atoms with Crippen molar-refractivity contribution in [1.82, 2.24) is 4.98 Å². The smallest absolute Gasteiger partial charge is 0.352 e. The highest BCUT2D eigenvalue weighted by atomic mass is 32.2. The molecule has 0 spiro atoms. The molecule has 1 rings (SSSR count). The van der Waals surface area contributed by atoms with Crippen LogP contribution < -0.4 is 0 Å². The van der Waals surface area contributed by atoms with E-state index in [-0.39, 0.29) is 11.3 Å². The van der Waals surface area contributed by atoms with Gasteiger partial charge in [0.15, 0.2) is 0 Å². The molecule has 0 aliphatic heterocycles. The number of aromatic amines is 1. The molecule has 0 fully saturated rings. The summed E-state index contributed by atoms with van der Waals surface area (Å²) in [5.74, 6) is -1.85. The standard InChI is InChI=1S/C8H10N2O4S/c1-15(2,14)10-7(11)5-3-6(8(12)13)9-4-5/h3-4,9H,1-2H3,(H,12,13). The lowest BCUT2D eigenvalue weighted by Crippen LogP contribution is -2.00. The average molecular weight is 230 g/mol. The van der Waals surface area contributed by atoms with Crippen molar-refractivity contribution in [2.24, 2.45) is 4.36 Å². The van der Waals surface area contributed by atoms with Gasteiger partial charge in [-0.3, -0.25) is 4.79 Å². The van der Waals surface area contributed by atoms with Crippen LogP contribution in [0.5, 0.6) is 0 Å². The van der Waals surface area contributed by atoms with Crippen LogP contribution in [-0.4, -0.2) is 38.7 Å². The maximum absolute atomic E-state index is 11.3. The van der Waals surface area contributed by atoms with Crippen molar-refractivity contribution < 1.29 is 18.9 Å². The number of rotatable bonds is 2. The Labute approximate surface area is 86.5 Å². The number of carbonyl (C=O) groups is 2. The lowest BCUT2D eigenvalue weighted by molar-refractivity contribution is 0.0691. The van der Waals surface area contributed by atoms with Crippen molar-refractivity contribution in [1.29, 1.82) is 0 Å². The number of nitrogens with zero attached hydrogens (tertiary/aromatic N) is 1. The highest BCUT2D eigenvalue weighted by Crippen LogP contribution is 2.06. The number of amides is 1. The Bertz CT molecular complexity index is 514. The first-order valence-electron chi connectivity index (χ1n) is 3.93. The van der Waals surface area contributed by atoms with Gasteiger partial charge in [0.05, 0.1) is 5.56 Å². The van der Waals surface area contributed by atoms with E-state index >= 15 is 0 Å². The fourth-order valence-electron chi connectivity index (χ4n) is 0.894. The highest BCUT2D eigenvalue weighted by molar-refractivity contribution is 7.92. The molecule has 0 radical (unpaired) electrons. The van der Waals surface area contributed by atoms with Crippen molar-refractivity contribution in [3.05, 3.63) is 23.5 Å². The maximum atomic E-state index is 11.3. The number of carboxylic acid groups (broad SMARTS) is 1. The number of hydrogen-bond donors (Lipinski definition) is 2. The van der Waals surface area contributed by atoms with Gasteiger partial charge in [-0.1, -0.05) is 0 Å². The first-order valence-corrected chi connectivity index (χ1v) is 6.26. The summed E-state index contributed by atoms with van der Waals surface area (Å²) in [5, 5.41) is 8.58. The number of aromatic nitrogens is 1. The van der Waals surface area contributed by atoms with Crippen LogP contribution in [-0.2, 0) is 9.73 Å². The molecule has 0 atom stereocenters. The third kappa shape index (κ3) is 3.21. The number of aromatic carboxylic acids is 1. The Morgan fingerprint density at radius 3 is 2.47 bits per heavy atom. The molecule has 2 N–H and O–H groups in total. The fraction of sp³-hybridized carbons (Fsp3) is 0.250. The minimum Gasteiger partial charge on any atom is -0.477 e. The Morgan fingerprint density at radius 1 is 1.47 bits per heavy atom. The van der Waals surface area contributed by atoms with E-state index in [1.54, 1.807) is 0 Å². The molecule has 0 unspecified atom stereocenters. The lowest BCUT2D eigenvalue weighted by atomic mass is 10.3. The van der Waals surface area contributed by atoms with Crippen molar-refractivity contribution in [2.45, 2.75) is 0 Å². The van der Waals surface area contributed by atoms with E-state index in [2.05, 4.69) is 9.35 Å². The Kier molecular flexibility index (Phi) is 2.94. The van der Waals surface area contributed by atoms with Gasteiger partial charge in [-0.05, 0) is 6.07 Å². The van der Waals surface area contributed by atoms with Crippen LogP contribution in [0.15, 0.2) is 16.6 Å². The Hall–Kier alpha value is -1.63. The van der Waals surface area contributed by atoms with E-state index in [4.69, 9.17) is 5.11 Å². The van der Waals surface area contributed by atoms with Gasteiger partial charge in [0.2, 0.25) is 0 Å². The van der Waals surface area contributed by atoms with E-state index in [1.807, 2.05) is 0 Å². The summed E-state index contributed by atoms with van der Waals surface area (Å²) in [5.41, 5.74) is -0.0175. The molecule has 0 aliphatic carbocycles. The minimum absolute atomic E-state index is 0.0869. The Balaban J connectivity index is 3.04. The van der Waals surface area contributed by atoms with Crippen molar-refractivity contribution >= 4 is 21.6 Å². The van der Waals surface area contributed by atoms with E-state index in [0.29, 0.717) is 0 Å². The Morgan fingerprint density at radius 2 is 2.07 bits per heavy atom. The van der Waals surface area contributed by atoms with Gasteiger partial charge in [-0.25, -0.2) is 9.00 Å². The largest absolute Gasteiger partial charge is 0.477 e. The predicted octanol–water partition coefficient (Wildman–Crippen LogP) is 0.581. The van der Waals surface area contributed by atoms with E-state index < -0.39 is 21.6 Å². The zero-order chi connectivity index (χ0) is 11.6. The van der Waals surface area contributed by atoms with Crippen LogP contribution >= 0.6 is 0 Å². The van der Waals surface area contributed by atoms with Gasteiger partial charge in [0.1, 0.15) is 5.69 Å². The molecule has 1 aromatic heterocycles. The number of carbonyl (C=O) groups excluding carboxylic acids is 1. The number of carboxylic acids is 1. The van der Waals surface area contributed by atoms with E-state index in [0.717, 1.165) is 6.07 Å². The summed E-state index contributed by atoms with van der Waals surface area (Å²) in [6, 6.07) is 1.15. The zero-order valence-corrected chi connectivity index (χ0v) is 9.00. The SMILES string of the molecule is CS(C)(=O)=NC(=O)c1c[nH]c(C(=O)O)c1. The summed E-state index contributed by atoms with van der Waals surface area (Å²) >= 11 is 0. The fourth-order valence-corrected chi connectivity index (χ4v) is 1.40. The highest BCUT2D eigenvalue weighted by Gasteiger charge is 2.11. The van der Waals surface area contributed by atoms with Crippen LogP contribution in [0, 0.1) is 0 Å². The molecule has 1 aromatic rings. The molecule has 82 valence electrons. The molecular formula is C8H10N2O4S. The molecule has 7 heteroatoms. The summed E-state index contributed by atoms with van der Waals surface area (Å²) in [4.78, 5) is 24.2. The molecule has 0 bridgehead atoms. The second-order valence-corrected chi connectivity index (χ2v) is 5.73. The van der Waals surface area contributed by atoms with Gasteiger partial charge >= 0.3 is 5.97 Å². The third-order valence-electron chi connectivity index (χ3n) is 1.46.